The number of piperidine rings is 1. The molecule has 1 N–H and O–H groups in total. The lowest BCUT2D eigenvalue weighted by atomic mass is 9.79. The second-order valence-electron chi connectivity index (χ2n) is 5.66. The molecule has 21 heavy (non-hydrogen) atoms. The third-order valence-corrected chi connectivity index (χ3v) is 7.74. The summed E-state index contributed by atoms with van der Waals surface area (Å²) < 4.78 is 27.1. The van der Waals surface area contributed by atoms with Gasteiger partial charge in [-0.1, -0.05) is 12.8 Å². The number of rotatable bonds is 3. The molecule has 1 aromatic heterocycles. The molecule has 0 amide bonds. The van der Waals surface area contributed by atoms with Crippen molar-refractivity contribution in [2.45, 2.75) is 48.8 Å². The van der Waals surface area contributed by atoms with Crippen LogP contribution in [0.1, 0.15) is 49.0 Å². The fourth-order valence-electron chi connectivity index (χ4n) is 3.54. The van der Waals surface area contributed by atoms with Crippen LogP contribution in [0.4, 0.5) is 0 Å². The third-order valence-electron chi connectivity index (χ3n) is 4.47. The first-order chi connectivity index (χ1) is 10.0. The van der Waals surface area contributed by atoms with Crippen molar-refractivity contribution >= 4 is 27.3 Å². The topological polar surface area (TPSA) is 87.6 Å². The molecule has 1 aliphatic carbocycles. The Bertz CT molecular complexity index is 638. The first kappa shape index (κ1) is 14.9. The van der Waals surface area contributed by atoms with E-state index < -0.39 is 16.0 Å². The number of carbonyl (C=O) groups is 1. The summed E-state index contributed by atoms with van der Waals surface area (Å²) in [6, 6.07) is 0.0289. The van der Waals surface area contributed by atoms with Crippen LogP contribution in [0, 0.1) is 5.92 Å². The largest absolute Gasteiger partial charge is 0.476 e. The summed E-state index contributed by atoms with van der Waals surface area (Å²) in [6.07, 6.45) is 6.08. The zero-order chi connectivity index (χ0) is 15.0. The van der Waals surface area contributed by atoms with E-state index in [1.165, 1.54) is 5.51 Å². The summed E-state index contributed by atoms with van der Waals surface area (Å²) in [4.78, 5) is 14.9. The summed E-state index contributed by atoms with van der Waals surface area (Å²) in [5.41, 5.74) is 0.941. The van der Waals surface area contributed by atoms with E-state index in [1.54, 1.807) is 4.31 Å². The van der Waals surface area contributed by atoms with Crippen molar-refractivity contribution in [3.05, 3.63) is 11.2 Å². The molecule has 2 heterocycles. The van der Waals surface area contributed by atoms with Gasteiger partial charge < -0.3 is 5.11 Å². The quantitative estimate of drug-likeness (QED) is 0.918. The van der Waals surface area contributed by atoms with Crippen LogP contribution in [-0.2, 0) is 10.0 Å². The number of hydrogen-bond donors (Lipinski definition) is 1. The lowest BCUT2D eigenvalue weighted by Gasteiger charge is -2.42. The van der Waals surface area contributed by atoms with E-state index in [4.69, 9.17) is 5.11 Å². The second kappa shape index (κ2) is 5.66. The molecule has 2 aliphatic rings. The van der Waals surface area contributed by atoms with Gasteiger partial charge in [0.05, 0.1) is 5.51 Å². The Kier molecular flexibility index (Phi) is 4.02. The van der Waals surface area contributed by atoms with Crippen molar-refractivity contribution in [1.29, 1.82) is 0 Å². The highest BCUT2D eigenvalue weighted by Gasteiger charge is 2.42. The maximum Gasteiger partial charge on any atom is 0.356 e. The zero-order valence-electron chi connectivity index (χ0n) is 11.6. The lowest BCUT2D eigenvalue weighted by molar-refractivity contribution is 0.0686. The van der Waals surface area contributed by atoms with Crippen molar-refractivity contribution in [1.82, 2.24) is 9.29 Å². The SMILES string of the molecule is O=C(O)c1ncsc1S(=O)(=O)N1CCC[C@H]2CCCC[C@H]21. The predicted octanol–water partition coefficient (Wildman–Crippen LogP) is 2.18. The Hall–Kier alpha value is -0.990. The minimum Gasteiger partial charge on any atom is -0.476 e. The standard InChI is InChI=1S/C13H18N2O4S2/c16-12(17)11-13(20-8-14-11)21(18,19)15-7-3-5-9-4-1-2-6-10(9)15/h8-10H,1-7H2,(H,16,17)/t9-,10-/m1/s1. The molecule has 1 saturated carbocycles. The van der Waals surface area contributed by atoms with E-state index in [2.05, 4.69) is 4.98 Å². The fourth-order valence-corrected chi connectivity index (χ4v) is 6.55. The number of carboxylic acid groups (broad SMARTS) is 1. The van der Waals surface area contributed by atoms with Crippen LogP contribution in [0.3, 0.4) is 0 Å². The minimum absolute atomic E-state index is 0.0289. The summed E-state index contributed by atoms with van der Waals surface area (Å²) in [6.45, 7) is 0.487. The molecule has 0 radical (unpaired) electrons. The third kappa shape index (κ3) is 2.60. The van der Waals surface area contributed by atoms with Crippen LogP contribution >= 0.6 is 11.3 Å². The Morgan fingerprint density at radius 3 is 2.76 bits per heavy atom. The van der Waals surface area contributed by atoms with Crippen LogP contribution in [0.2, 0.25) is 0 Å². The van der Waals surface area contributed by atoms with E-state index >= 15 is 0 Å². The summed E-state index contributed by atoms with van der Waals surface area (Å²) in [5.74, 6) is -0.865. The first-order valence-corrected chi connectivity index (χ1v) is 9.52. The molecular weight excluding hydrogens is 312 g/mol. The van der Waals surface area contributed by atoms with Gasteiger partial charge in [-0.25, -0.2) is 18.2 Å². The number of aromatic nitrogens is 1. The van der Waals surface area contributed by atoms with Crippen molar-refractivity contribution in [2.24, 2.45) is 5.92 Å². The van der Waals surface area contributed by atoms with E-state index in [0.717, 1.165) is 49.9 Å². The normalized spacial score (nSPS) is 27.2. The van der Waals surface area contributed by atoms with E-state index in [9.17, 15) is 13.2 Å². The number of carboxylic acids is 1. The molecule has 1 saturated heterocycles. The number of nitrogens with zero attached hydrogens (tertiary/aromatic N) is 2. The number of fused-ring (bicyclic) bond motifs is 1. The molecule has 0 spiro atoms. The Morgan fingerprint density at radius 2 is 2.00 bits per heavy atom. The van der Waals surface area contributed by atoms with Crippen molar-refractivity contribution in [3.8, 4) is 0 Å². The minimum atomic E-state index is -3.76. The zero-order valence-corrected chi connectivity index (χ0v) is 13.2. The maximum atomic E-state index is 12.9. The molecule has 3 rings (SSSR count). The molecule has 0 aromatic carbocycles. The molecular formula is C13H18N2O4S2. The van der Waals surface area contributed by atoms with Gasteiger partial charge in [-0.05, 0) is 31.6 Å². The van der Waals surface area contributed by atoms with Gasteiger partial charge in [0.25, 0.3) is 10.0 Å². The Morgan fingerprint density at radius 1 is 1.29 bits per heavy atom. The van der Waals surface area contributed by atoms with Gasteiger partial charge in [0.1, 0.15) is 0 Å². The monoisotopic (exact) mass is 330 g/mol. The van der Waals surface area contributed by atoms with E-state index in [0.29, 0.717) is 12.5 Å². The molecule has 6 nitrogen and oxygen atoms in total. The molecule has 2 fully saturated rings. The lowest BCUT2D eigenvalue weighted by Crippen LogP contribution is -2.49. The van der Waals surface area contributed by atoms with Gasteiger partial charge in [0, 0.05) is 12.6 Å². The average molecular weight is 330 g/mol. The molecule has 2 atom stereocenters. The van der Waals surface area contributed by atoms with Crippen molar-refractivity contribution < 1.29 is 18.3 Å². The van der Waals surface area contributed by atoms with Gasteiger partial charge in [-0.3, -0.25) is 0 Å². The highest BCUT2D eigenvalue weighted by atomic mass is 32.2. The van der Waals surface area contributed by atoms with E-state index in [1.807, 2.05) is 0 Å². The second-order valence-corrected chi connectivity index (χ2v) is 8.60. The van der Waals surface area contributed by atoms with Gasteiger partial charge in [0.2, 0.25) is 0 Å². The molecule has 0 bridgehead atoms. The van der Waals surface area contributed by atoms with Crippen LogP contribution in [0.15, 0.2) is 9.72 Å². The van der Waals surface area contributed by atoms with Crippen molar-refractivity contribution in [3.63, 3.8) is 0 Å². The Labute approximate surface area is 127 Å². The molecule has 1 aromatic rings. The fraction of sp³-hybridized carbons (Fsp3) is 0.692. The maximum absolute atomic E-state index is 12.9. The summed E-state index contributed by atoms with van der Waals surface area (Å²) in [5, 5.41) is 9.11. The number of sulfonamides is 1. The van der Waals surface area contributed by atoms with Gasteiger partial charge >= 0.3 is 5.97 Å². The summed E-state index contributed by atoms with van der Waals surface area (Å²) >= 11 is 0.896. The van der Waals surface area contributed by atoms with Crippen molar-refractivity contribution in [2.75, 3.05) is 6.54 Å². The number of aromatic carboxylic acids is 1. The smallest absolute Gasteiger partial charge is 0.356 e. The van der Waals surface area contributed by atoms with Crippen LogP contribution < -0.4 is 0 Å². The van der Waals surface area contributed by atoms with Crippen LogP contribution in [-0.4, -0.2) is 41.4 Å². The summed E-state index contributed by atoms with van der Waals surface area (Å²) in [7, 11) is -3.76. The molecule has 8 heteroatoms. The first-order valence-electron chi connectivity index (χ1n) is 7.20. The number of hydrogen-bond acceptors (Lipinski definition) is 5. The van der Waals surface area contributed by atoms with Gasteiger partial charge in [0.15, 0.2) is 9.90 Å². The van der Waals surface area contributed by atoms with Gasteiger partial charge in [-0.15, -0.1) is 11.3 Å². The predicted molar refractivity (Wildman–Crippen MR) is 77.9 cm³/mol. The van der Waals surface area contributed by atoms with Crippen LogP contribution in [0.5, 0.6) is 0 Å². The molecule has 0 unspecified atom stereocenters. The molecule has 116 valence electrons. The highest BCUT2D eigenvalue weighted by molar-refractivity contribution is 7.91. The van der Waals surface area contributed by atoms with E-state index in [-0.39, 0.29) is 15.9 Å². The molecule has 1 aliphatic heterocycles. The van der Waals surface area contributed by atoms with Crippen LogP contribution in [0.25, 0.3) is 0 Å². The Balaban J connectivity index is 1.97. The van der Waals surface area contributed by atoms with Gasteiger partial charge in [-0.2, -0.15) is 4.31 Å². The average Bonchev–Trinajstić information content (AvgIpc) is 2.97. The number of thiazole rings is 1. The highest BCUT2D eigenvalue weighted by Crippen LogP contribution is 2.39.